The molecule has 19 heavy (non-hydrogen) atoms. The molecular weight excluding hydrogens is 355 g/mol. The SMILES string of the molecule is CCc1[nH]c(=O)c(C(=O)N[C@@H](C)CC(C)C)cc1I. The molecule has 0 unspecified atom stereocenters. The largest absolute Gasteiger partial charge is 0.349 e. The first-order valence-corrected chi connectivity index (χ1v) is 7.65. The van der Waals surface area contributed by atoms with Crippen molar-refractivity contribution in [1.29, 1.82) is 0 Å². The van der Waals surface area contributed by atoms with Gasteiger partial charge in [0, 0.05) is 15.3 Å². The lowest BCUT2D eigenvalue weighted by Crippen LogP contribution is -2.37. The lowest BCUT2D eigenvalue weighted by Gasteiger charge is -2.16. The van der Waals surface area contributed by atoms with Gasteiger partial charge >= 0.3 is 0 Å². The number of hydrogen-bond donors (Lipinski definition) is 2. The molecule has 0 aliphatic heterocycles. The summed E-state index contributed by atoms with van der Waals surface area (Å²) in [5.74, 6) is 0.214. The van der Waals surface area contributed by atoms with E-state index in [9.17, 15) is 9.59 Å². The Morgan fingerprint density at radius 3 is 2.58 bits per heavy atom. The van der Waals surface area contributed by atoms with Crippen LogP contribution in [0.15, 0.2) is 10.9 Å². The van der Waals surface area contributed by atoms with Crippen LogP contribution in [-0.2, 0) is 6.42 Å². The molecule has 0 aliphatic rings. The topological polar surface area (TPSA) is 62.0 Å². The fourth-order valence-electron chi connectivity index (χ4n) is 2.04. The summed E-state index contributed by atoms with van der Waals surface area (Å²) < 4.78 is 0.918. The van der Waals surface area contributed by atoms with Gasteiger partial charge in [-0.05, 0) is 54.3 Å². The maximum absolute atomic E-state index is 12.1. The Morgan fingerprint density at radius 1 is 1.42 bits per heavy atom. The fraction of sp³-hybridized carbons (Fsp3) is 0.571. The minimum absolute atomic E-state index is 0.0652. The first-order valence-electron chi connectivity index (χ1n) is 6.57. The molecule has 0 spiro atoms. The minimum Gasteiger partial charge on any atom is -0.349 e. The summed E-state index contributed by atoms with van der Waals surface area (Å²) in [6.45, 7) is 8.14. The van der Waals surface area contributed by atoms with Crippen molar-refractivity contribution in [2.45, 2.75) is 46.6 Å². The van der Waals surface area contributed by atoms with Crippen molar-refractivity contribution in [3.05, 3.63) is 31.2 Å². The predicted molar refractivity (Wildman–Crippen MR) is 85.5 cm³/mol. The Hall–Kier alpha value is -0.850. The number of nitrogens with one attached hydrogen (secondary N) is 2. The van der Waals surface area contributed by atoms with Gasteiger partial charge in [-0.3, -0.25) is 9.59 Å². The summed E-state index contributed by atoms with van der Waals surface area (Å²) >= 11 is 2.14. The van der Waals surface area contributed by atoms with E-state index in [0.29, 0.717) is 5.92 Å². The Bertz CT molecular complexity index is 509. The number of hydrogen-bond acceptors (Lipinski definition) is 2. The summed E-state index contributed by atoms with van der Waals surface area (Å²) in [6, 6.07) is 1.73. The highest BCUT2D eigenvalue weighted by Gasteiger charge is 2.15. The van der Waals surface area contributed by atoms with E-state index in [0.717, 1.165) is 22.1 Å². The molecule has 1 rings (SSSR count). The minimum atomic E-state index is -0.313. The lowest BCUT2D eigenvalue weighted by molar-refractivity contribution is 0.0934. The van der Waals surface area contributed by atoms with Gasteiger partial charge in [-0.1, -0.05) is 20.8 Å². The van der Waals surface area contributed by atoms with Crippen LogP contribution >= 0.6 is 22.6 Å². The van der Waals surface area contributed by atoms with Crippen LogP contribution in [0.5, 0.6) is 0 Å². The molecule has 0 bridgehead atoms. The third kappa shape index (κ3) is 4.63. The molecule has 4 nitrogen and oxygen atoms in total. The zero-order valence-electron chi connectivity index (χ0n) is 11.8. The van der Waals surface area contributed by atoms with Gasteiger partial charge in [0.1, 0.15) is 5.56 Å². The first-order chi connectivity index (χ1) is 8.85. The molecule has 0 saturated carbocycles. The van der Waals surface area contributed by atoms with E-state index >= 15 is 0 Å². The van der Waals surface area contributed by atoms with Crippen LogP contribution in [0.25, 0.3) is 0 Å². The molecule has 1 aromatic rings. The molecular formula is C14H21IN2O2. The summed E-state index contributed by atoms with van der Waals surface area (Å²) in [4.78, 5) is 26.7. The number of halogens is 1. The standard InChI is InChI=1S/C14H21IN2O2/c1-5-12-11(15)7-10(14(19)17-12)13(18)16-9(4)6-8(2)3/h7-9H,5-6H2,1-4H3,(H,16,18)(H,17,19)/t9-/m0/s1. The van der Waals surface area contributed by atoms with Crippen molar-refractivity contribution in [1.82, 2.24) is 10.3 Å². The van der Waals surface area contributed by atoms with Crippen LogP contribution in [0.4, 0.5) is 0 Å². The molecule has 2 N–H and O–H groups in total. The van der Waals surface area contributed by atoms with Gasteiger partial charge in [-0.25, -0.2) is 0 Å². The third-order valence-electron chi connectivity index (χ3n) is 2.87. The third-order valence-corrected chi connectivity index (χ3v) is 3.83. The molecule has 1 amide bonds. The van der Waals surface area contributed by atoms with Crippen LogP contribution in [-0.4, -0.2) is 16.9 Å². The van der Waals surface area contributed by atoms with E-state index < -0.39 is 0 Å². The van der Waals surface area contributed by atoms with Gasteiger partial charge in [0.05, 0.1) is 0 Å². The number of pyridine rings is 1. The molecule has 0 saturated heterocycles. The molecule has 0 aliphatic carbocycles. The molecule has 0 radical (unpaired) electrons. The molecule has 1 aromatic heterocycles. The number of H-pyrrole nitrogens is 1. The summed E-state index contributed by atoms with van der Waals surface area (Å²) in [5.41, 5.74) is 0.751. The number of rotatable bonds is 5. The summed E-state index contributed by atoms with van der Waals surface area (Å²) in [7, 11) is 0. The highest BCUT2D eigenvalue weighted by Crippen LogP contribution is 2.10. The first kappa shape index (κ1) is 16.2. The molecule has 1 heterocycles. The zero-order chi connectivity index (χ0) is 14.6. The maximum atomic E-state index is 12.1. The van der Waals surface area contributed by atoms with Gasteiger partial charge in [-0.15, -0.1) is 0 Å². The van der Waals surface area contributed by atoms with Crippen LogP contribution in [0.2, 0.25) is 0 Å². The normalized spacial score (nSPS) is 12.5. The second-order valence-corrected chi connectivity index (χ2v) is 6.36. The Morgan fingerprint density at radius 2 is 2.05 bits per heavy atom. The van der Waals surface area contributed by atoms with Crippen LogP contribution < -0.4 is 10.9 Å². The van der Waals surface area contributed by atoms with Gasteiger partial charge in [-0.2, -0.15) is 0 Å². The molecule has 5 heteroatoms. The van der Waals surface area contributed by atoms with Gasteiger partial charge in [0.2, 0.25) is 0 Å². The quantitative estimate of drug-likeness (QED) is 0.777. The Labute approximate surface area is 127 Å². The van der Waals surface area contributed by atoms with Crippen LogP contribution in [0, 0.1) is 9.49 Å². The van der Waals surface area contributed by atoms with E-state index in [2.05, 4.69) is 46.7 Å². The molecule has 0 aromatic carbocycles. The Kier molecular flexibility index (Phi) is 6.03. The molecule has 106 valence electrons. The van der Waals surface area contributed by atoms with E-state index in [1.165, 1.54) is 0 Å². The van der Waals surface area contributed by atoms with E-state index in [1.807, 2.05) is 13.8 Å². The van der Waals surface area contributed by atoms with Crippen molar-refractivity contribution in [2.24, 2.45) is 5.92 Å². The van der Waals surface area contributed by atoms with Crippen molar-refractivity contribution in [2.75, 3.05) is 0 Å². The highest BCUT2D eigenvalue weighted by molar-refractivity contribution is 14.1. The van der Waals surface area contributed by atoms with Crippen LogP contribution in [0.3, 0.4) is 0 Å². The number of carbonyl (C=O) groups is 1. The van der Waals surface area contributed by atoms with Crippen molar-refractivity contribution in [3.63, 3.8) is 0 Å². The average molecular weight is 376 g/mol. The fourth-order valence-corrected chi connectivity index (χ4v) is 2.86. The smallest absolute Gasteiger partial charge is 0.261 e. The average Bonchev–Trinajstić information content (AvgIpc) is 2.30. The number of aromatic nitrogens is 1. The molecule has 1 atom stereocenters. The summed E-state index contributed by atoms with van der Waals surface area (Å²) in [5, 5.41) is 2.87. The van der Waals surface area contributed by atoms with Gasteiger partial charge in [0.15, 0.2) is 0 Å². The van der Waals surface area contributed by atoms with Crippen molar-refractivity contribution < 1.29 is 4.79 Å². The number of carbonyl (C=O) groups excluding carboxylic acids is 1. The van der Waals surface area contributed by atoms with Gasteiger partial charge in [0.25, 0.3) is 11.5 Å². The Balaban J connectivity index is 2.89. The monoisotopic (exact) mass is 376 g/mol. The predicted octanol–water partition coefficient (Wildman–Crippen LogP) is 2.71. The number of aryl methyl sites for hydroxylation is 1. The zero-order valence-corrected chi connectivity index (χ0v) is 14.0. The second-order valence-electron chi connectivity index (χ2n) is 5.20. The van der Waals surface area contributed by atoms with Crippen molar-refractivity contribution >= 4 is 28.5 Å². The highest BCUT2D eigenvalue weighted by atomic mass is 127. The summed E-state index contributed by atoms with van der Waals surface area (Å²) in [6.07, 6.45) is 1.65. The second kappa shape index (κ2) is 7.07. The van der Waals surface area contributed by atoms with E-state index in [-0.39, 0.29) is 23.1 Å². The van der Waals surface area contributed by atoms with Crippen molar-refractivity contribution in [3.8, 4) is 0 Å². The molecule has 0 fully saturated rings. The number of aromatic amines is 1. The lowest BCUT2D eigenvalue weighted by atomic mass is 10.0. The van der Waals surface area contributed by atoms with E-state index in [1.54, 1.807) is 6.07 Å². The van der Waals surface area contributed by atoms with Crippen LogP contribution in [0.1, 0.15) is 50.2 Å². The van der Waals surface area contributed by atoms with Gasteiger partial charge < -0.3 is 10.3 Å². The van der Waals surface area contributed by atoms with E-state index in [4.69, 9.17) is 0 Å². The number of amides is 1. The maximum Gasteiger partial charge on any atom is 0.261 e.